The fourth-order valence-electron chi connectivity index (χ4n) is 0.938. The summed E-state index contributed by atoms with van der Waals surface area (Å²) in [5.74, 6) is 0. The molecule has 0 fully saturated rings. The average Bonchev–Trinajstić information content (AvgIpc) is 2.56. The van der Waals surface area contributed by atoms with E-state index in [4.69, 9.17) is 23.2 Å². The Morgan fingerprint density at radius 3 is 2.77 bits per heavy atom. The first-order valence-corrected chi connectivity index (χ1v) is 5.13. The lowest BCUT2D eigenvalue weighted by atomic mass is 10.3. The molecule has 0 aliphatic carbocycles. The highest BCUT2D eigenvalue weighted by Crippen LogP contribution is 2.29. The zero-order chi connectivity index (χ0) is 9.26. The number of rotatable bonds is 1. The van der Waals surface area contributed by atoms with Crippen molar-refractivity contribution in [1.82, 2.24) is 9.97 Å². The summed E-state index contributed by atoms with van der Waals surface area (Å²) in [5.41, 5.74) is 0.820. The molecular formula is C8H4Cl2N2S. The van der Waals surface area contributed by atoms with Gasteiger partial charge in [0.05, 0.1) is 0 Å². The largest absolute Gasteiger partial charge is 0.226 e. The topological polar surface area (TPSA) is 25.8 Å². The van der Waals surface area contributed by atoms with Gasteiger partial charge in [-0.15, -0.1) is 11.3 Å². The minimum atomic E-state index is 0.172. The van der Waals surface area contributed by atoms with E-state index in [1.165, 1.54) is 0 Å². The van der Waals surface area contributed by atoms with Crippen LogP contribution in [-0.2, 0) is 0 Å². The minimum Gasteiger partial charge on any atom is -0.226 e. The van der Waals surface area contributed by atoms with Crippen molar-refractivity contribution in [3.63, 3.8) is 0 Å². The van der Waals surface area contributed by atoms with Gasteiger partial charge in [0.25, 0.3) is 0 Å². The van der Waals surface area contributed by atoms with Gasteiger partial charge in [-0.25, -0.2) is 9.97 Å². The Morgan fingerprint density at radius 1 is 1.31 bits per heavy atom. The van der Waals surface area contributed by atoms with Crippen LogP contribution in [-0.4, -0.2) is 9.97 Å². The second kappa shape index (κ2) is 3.62. The first kappa shape index (κ1) is 8.94. The van der Waals surface area contributed by atoms with E-state index in [1.54, 1.807) is 17.5 Å². The summed E-state index contributed by atoms with van der Waals surface area (Å²) in [4.78, 5) is 8.77. The van der Waals surface area contributed by atoms with E-state index in [2.05, 4.69) is 9.97 Å². The molecule has 0 radical (unpaired) electrons. The van der Waals surface area contributed by atoms with Gasteiger partial charge in [0.15, 0.2) is 0 Å². The van der Waals surface area contributed by atoms with Crippen molar-refractivity contribution >= 4 is 34.5 Å². The van der Waals surface area contributed by atoms with Gasteiger partial charge < -0.3 is 0 Å². The second-order valence-corrected chi connectivity index (χ2v) is 3.96. The molecule has 0 N–H and O–H groups in total. The van der Waals surface area contributed by atoms with E-state index < -0.39 is 0 Å². The molecule has 0 aromatic carbocycles. The molecule has 0 saturated carbocycles. The highest BCUT2D eigenvalue weighted by atomic mass is 35.5. The molecule has 0 bridgehead atoms. The molecule has 0 aliphatic heterocycles. The van der Waals surface area contributed by atoms with Crippen LogP contribution in [0, 0.1) is 0 Å². The smallest absolute Gasteiger partial charge is 0.223 e. The Labute approximate surface area is 89.2 Å². The Bertz CT molecular complexity index is 414. The van der Waals surface area contributed by atoms with Gasteiger partial charge >= 0.3 is 0 Å². The number of halogens is 2. The van der Waals surface area contributed by atoms with Crippen LogP contribution in [0.3, 0.4) is 0 Å². The fourth-order valence-corrected chi connectivity index (χ4v) is 2.14. The predicted molar refractivity (Wildman–Crippen MR) is 55.4 cm³/mol. The summed E-state index contributed by atoms with van der Waals surface area (Å²) in [6.45, 7) is 0. The fraction of sp³-hybridized carbons (Fsp3) is 0. The summed E-state index contributed by atoms with van der Waals surface area (Å²) >= 11 is 13.1. The van der Waals surface area contributed by atoms with E-state index in [9.17, 15) is 0 Å². The summed E-state index contributed by atoms with van der Waals surface area (Å²) < 4.78 is 0. The van der Waals surface area contributed by atoms with Crippen molar-refractivity contribution in [2.24, 2.45) is 0 Å². The first-order chi connectivity index (χ1) is 6.27. The summed E-state index contributed by atoms with van der Waals surface area (Å²) in [7, 11) is 0. The van der Waals surface area contributed by atoms with E-state index >= 15 is 0 Å². The van der Waals surface area contributed by atoms with Crippen molar-refractivity contribution in [2.75, 3.05) is 0 Å². The molecule has 0 saturated heterocycles. The minimum absolute atomic E-state index is 0.172. The number of aromatic nitrogens is 2. The Hall–Kier alpha value is -0.640. The first-order valence-electron chi connectivity index (χ1n) is 3.49. The van der Waals surface area contributed by atoms with E-state index in [1.807, 2.05) is 17.5 Å². The lowest BCUT2D eigenvalue weighted by Gasteiger charge is -1.98. The van der Waals surface area contributed by atoms with Crippen LogP contribution < -0.4 is 0 Å². The molecule has 0 atom stereocenters. The zero-order valence-electron chi connectivity index (χ0n) is 6.37. The SMILES string of the molecule is Clc1ncc(-c2cccs2)c(Cl)n1. The number of nitrogens with zero attached hydrogens (tertiary/aromatic N) is 2. The number of hydrogen-bond donors (Lipinski definition) is 0. The van der Waals surface area contributed by atoms with Gasteiger partial charge in [0.1, 0.15) is 5.15 Å². The van der Waals surface area contributed by atoms with Gasteiger partial charge in [0.2, 0.25) is 5.28 Å². The maximum Gasteiger partial charge on any atom is 0.223 e. The normalized spacial score (nSPS) is 10.3. The van der Waals surface area contributed by atoms with Gasteiger partial charge in [-0.1, -0.05) is 17.7 Å². The van der Waals surface area contributed by atoms with E-state index in [0.717, 1.165) is 10.4 Å². The standard InChI is InChI=1S/C8H4Cl2N2S/c9-7-5(4-11-8(10)12-7)6-2-1-3-13-6/h1-4H. The van der Waals surface area contributed by atoms with Gasteiger partial charge in [-0.2, -0.15) is 0 Å². The Kier molecular flexibility index (Phi) is 2.49. The molecule has 66 valence electrons. The molecule has 0 spiro atoms. The Morgan fingerprint density at radius 2 is 2.15 bits per heavy atom. The van der Waals surface area contributed by atoms with E-state index in [0.29, 0.717) is 5.15 Å². The molecule has 13 heavy (non-hydrogen) atoms. The van der Waals surface area contributed by atoms with Gasteiger partial charge in [0, 0.05) is 16.6 Å². The predicted octanol–water partition coefficient (Wildman–Crippen LogP) is 3.51. The number of thiophene rings is 1. The van der Waals surface area contributed by atoms with Crippen LogP contribution in [0.1, 0.15) is 0 Å². The summed E-state index contributed by atoms with van der Waals surface area (Å²) in [6, 6.07) is 3.91. The Balaban J connectivity index is 2.53. The molecule has 2 rings (SSSR count). The molecule has 2 nitrogen and oxygen atoms in total. The van der Waals surface area contributed by atoms with Crippen molar-refractivity contribution in [2.45, 2.75) is 0 Å². The van der Waals surface area contributed by atoms with Crippen molar-refractivity contribution in [3.05, 3.63) is 34.1 Å². The lowest BCUT2D eigenvalue weighted by Crippen LogP contribution is -1.85. The van der Waals surface area contributed by atoms with Gasteiger partial charge in [-0.05, 0) is 23.0 Å². The third-order valence-corrected chi connectivity index (χ3v) is 2.87. The molecule has 2 aromatic rings. The van der Waals surface area contributed by atoms with Crippen molar-refractivity contribution < 1.29 is 0 Å². The molecular weight excluding hydrogens is 227 g/mol. The number of hydrogen-bond acceptors (Lipinski definition) is 3. The monoisotopic (exact) mass is 230 g/mol. The summed E-state index contributed by atoms with van der Waals surface area (Å²) in [6.07, 6.45) is 1.63. The van der Waals surface area contributed by atoms with Crippen LogP contribution in [0.25, 0.3) is 10.4 Å². The van der Waals surface area contributed by atoms with Crippen LogP contribution >= 0.6 is 34.5 Å². The van der Waals surface area contributed by atoms with Crippen LogP contribution in [0.5, 0.6) is 0 Å². The zero-order valence-corrected chi connectivity index (χ0v) is 8.70. The van der Waals surface area contributed by atoms with Crippen LogP contribution in [0.15, 0.2) is 23.7 Å². The third-order valence-electron chi connectivity index (χ3n) is 1.50. The highest BCUT2D eigenvalue weighted by molar-refractivity contribution is 7.13. The van der Waals surface area contributed by atoms with Gasteiger partial charge in [-0.3, -0.25) is 0 Å². The molecule has 5 heteroatoms. The molecule has 2 aromatic heterocycles. The van der Waals surface area contributed by atoms with Crippen LogP contribution in [0.2, 0.25) is 10.4 Å². The van der Waals surface area contributed by atoms with Crippen LogP contribution in [0.4, 0.5) is 0 Å². The lowest BCUT2D eigenvalue weighted by molar-refractivity contribution is 1.17. The molecule has 0 aliphatic rings. The second-order valence-electron chi connectivity index (χ2n) is 2.32. The molecule has 2 heterocycles. The maximum absolute atomic E-state index is 5.89. The summed E-state index contributed by atoms with van der Waals surface area (Å²) in [5, 5.41) is 2.54. The quantitative estimate of drug-likeness (QED) is 0.554. The van der Waals surface area contributed by atoms with Crippen molar-refractivity contribution in [3.8, 4) is 10.4 Å². The maximum atomic E-state index is 5.89. The molecule has 0 unspecified atom stereocenters. The highest BCUT2D eigenvalue weighted by Gasteiger charge is 2.06. The average molecular weight is 231 g/mol. The molecule has 0 amide bonds. The van der Waals surface area contributed by atoms with Crippen molar-refractivity contribution in [1.29, 1.82) is 0 Å². The van der Waals surface area contributed by atoms with E-state index in [-0.39, 0.29) is 5.28 Å². The third kappa shape index (κ3) is 1.82.